The monoisotopic (exact) mass is 229 g/mol. The Bertz CT molecular complexity index is 637. The Morgan fingerprint density at radius 2 is 2.06 bits per heavy atom. The van der Waals surface area contributed by atoms with Gasteiger partial charge in [0.2, 0.25) is 5.56 Å². The molecule has 0 saturated heterocycles. The number of hydrazone groups is 1. The van der Waals surface area contributed by atoms with E-state index in [4.69, 9.17) is 0 Å². The molecule has 0 atom stereocenters. The molecule has 2 aromatic rings. The molecule has 0 aliphatic carbocycles. The summed E-state index contributed by atoms with van der Waals surface area (Å²) in [5.41, 5.74) is 6.58. The highest BCUT2D eigenvalue weighted by Gasteiger charge is 2.00. The van der Waals surface area contributed by atoms with Gasteiger partial charge in [-0.05, 0) is 44.5 Å². The molecule has 2 N–H and O–H groups in total. The van der Waals surface area contributed by atoms with Gasteiger partial charge in [-0.15, -0.1) is 0 Å². The van der Waals surface area contributed by atoms with Crippen LogP contribution in [0.15, 0.2) is 34.2 Å². The molecule has 0 aliphatic rings. The van der Waals surface area contributed by atoms with Crippen molar-refractivity contribution in [2.45, 2.75) is 20.8 Å². The molecular formula is C13H15N3O. The molecule has 0 spiro atoms. The summed E-state index contributed by atoms with van der Waals surface area (Å²) in [6.45, 7) is 5.78. The summed E-state index contributed by atoms with van der Waals surface area (Å²) in [6.07, 6.45) is 0. The molecule has 2 rings (SSSR count). The number of aryl methyl sites for hydroxylation is 1. The molecule has 0 bridgehead atoms. The molecule has 0 aliphatic heterocycles. The maximum absolute atomic E-state index is 11.3. The molecule has 0 amide bonds. The van der Waals surface area contributed by atoms with E-state index in [1.807, 2.05) is 39.0 Å². The Morgan fingerprint density at radius 3 is 2.76 bits per heavy atom. The lowest BCUT2D eigenvalue weighted by atomic mass is 10.1. The van der Waals surface area contributed by atoms with Gasteiger partial charge in [0.1, 0.15) is 0 Å². The zero-order valence-corrected chi connectivity index (χ0v) is 10.2. The maximum atomic E-state index is 11.3. The van der Waals surface area contributed by atoms with Crippen LogP contribution in [0.4, 0.5) is 5.69 Å². The predicted octanol–water partition coefficient (Wildman–Crippen LogP) is 2.64. The minimum Gasteiger partial charge on any atom is -0.322 e. The van der Waals surface area contributed by atoms with Gasteiger partial charge >= 0.3 is 0 Å². The number of aromatic amines is 1. The second kappa shape index (κ2) is 4.41. The highest BCUT2D eigenvalue weighted by molar-refractivity contribution is 5.85. The minimum atomic E-state index is -0.0712. The van der Waals surface area contributed by atoms with Gasteiger partial charge in [-0.25, -0.2) is 0 Å². The quantitative estimate of drug-likeness (QED) is 0.614. The van der Waals surface area contributed by atoms with E-state index in [1.165, 1.54) is 0 Å². The summed E-state index contributed by atoms with van der Waals surface area (Å²) in [4.78, 5) is 14.1. The van der Waals surface area contributed by atoms with Crippen molar-refractivity contribution in [3.63, 3.8) is 0 Å². The maximum Gasteiger partial charge on any atom is 0.248 e. The second-order valence-electron chi connectivity index (χ2n) is 4.25. The Labute approximate surface area is 99.4 Å². The number of anilines is 1. The van der Waals surface area contributed by atoms with Gasteiger partial charge < -0.3 is 4.98 Å². The van der Waals surface area contributed by atoms with Crippen LogP contribution in [0.25, 0.3) is 10.9 Å². The van der Waals surface area contributed by atoms with Crippen LogP contribution in [-0.2, 0) is 0 Å². The lowest BCUT2D eigenvalue weighted by molar-refractivity contribution is 1.27. The van der Waals surface area contributed by atoms with Crippen molar-refractivity contribution in [3.05, 3.63) is 40.2 Å². The Balaban J connectivity index is 2.50. The van der Waals surface area contributed by atoms with E-state index in [-0.39, 0.29) is 5.56 Å². The van der Waals surface area contributed by atoms with Crippen molar-refractivity contribution in [1.82, 2.24) is 4.98 Å². The van der Waals surface area contributed by atoms with Gasteiger partial charge in [0.15, 0.2) is 0 Å². The Hall–Kier alpha value is -2.10. The van der Waals surface area contributed by atoms with E-state index in [0.717, 1.165) is 27.9 Å². The molecule has 0 unspecified atom stereocenters. The Kier molecular flexibility index (Phi) is 2.95. The van der Waals surface area contributed by atoms with Crippen LogP contribution in [-0.4, -0.2) is 10.7 Å². The SMILES string of the molecule is CC(C)=NNc1ccc2[nH]c(=O)cc(C)c2c1. The number of H-pyrrole nitrogens is 1. The highest BCUT2D eigenvalue weighted by Crippen LogP contribution is 2.19. The van der Waals surface area contributed by atoms with Crippen molar-refractivity contribution in [2.24, 2.45) is 5.10 Å². The molecule has 4 nitrogen and oxygen atoms in total. The first-order valence-corrected chi connectivity index (χ1v) is 5.47. The van der Waals surface area contributed by atoms with Crippen molar-refractivity contribution in [3.8, 4) is 0 Å². The molecule has 4 heteroatoms. The summed E-state index contributed by atoms with van der Waals surface area (Å²) in [5, 5.41) is 5.17. The van der Waals surface area contributed by atoms with Crippen molar-refractivity contribution >= 4 is 22.3 Å². The van der Waals surface area contributed by atoms with E-state index < -0.39 is 0 Å². The van der Waals surface area contributed by atoms with Crippen LogP contribution in [0.2, 0.25) is 0 Å². The van der Waals surface area contributed by atoms with Crippen LogP contribution in [0.3, 0.4) is 0 Å². The third kappa shape index (κ3) is 2.53. The summed E-state index contributed by atoms with van der Waals surface area (Å²) in [7, 11) is 0. The molecule has 0 radical (unpaired) electrons. The highest BCUT2D eigenvalue weighted by atomic mass is 16.1. The van der Waals surface area contributed by atoms with Crippen LogP contribution in [0.5, 0.6) is 0 Å². The molecular weight excluding hydrogens is 214 g/mol. The molecule has 17 heavy (non-hydrogen) atoms. The van der Waals surface area contributed by atoms with Gasteiger partial charge in [0.25, 0.3) is 0 Å². The summed E-state index contributed by atoms with van der Waals surface area (Å²) in [6, 6.07) is 7.35. The average Bonchev–Trinajstić information content (AvgIpc) is 2.26. The third-order valence-corrected chi connectivity index (χ3v) is 2.46. The number of hydrogen-bond acceptors (Lipinski definition) is 3. The van der Waals surface area contributed by atoms with Gasteiger partial charge in [-0.1, -0.05) is 0 Å². The van der Waals surface area contributed by atoms with E-state index in [0.29, 0.717) is 0 Å². The molecule has 1 heterocycles. The van der Waals surface area contributed by atoms with Gasteiger partial charge in [-0.3, -0.25) is 10.2 Å². The van der Waals surface area contributed by atoms with Crippen LogP contribution in [0, 0.1) is 6.92 Å². The smallest absolute Gasteiger partial charge is 0.248 e. The fourth-order valence-corrected chi connectivity index (χ4v) is 1.67. The zero-order valence-electron chi connectivity index (χ0n) is 10.2. The first kappa shape index (κ1) is 11.4. The lowest BCUT2D eigenvalue weighted by Crippen LogP contribution is -2.05. The van der Waals surface area contributed by atoms with Crippen LogP contribution in [0.1, 0.15) is 19.4 Å². The fraction of sp³-hybridized carbons (Fsp3) is 0.231. The van der Waals surface area contributed by atoms with Gasteiger partial charge in [0.05, 0.1) is 5.69 Å². The van der Waals surface area contributed by atoms with Crippen LogP contribution < -0.4 is 11.0 Å². The topological polar surface area (TPSA) is 57.2 Å². The number of benzene rings is 1. The van der Waals surface area contributed by atoms with Crippen molar-refractivity contribution < 1.29 is 0 Å². The molecule has 88 valence electrons. The standard InChI is InChI=1S/C13H15N3O/c1-8(2)15-16-10-4-5-12-11(7-10)9(3)6-13(17)14-12/h4-7,16H,1-3H3,(H,14,17). The number of aromatic nitrogens is 1. The lowest BCUT2D eigenvalue weighted by Gasteiger charge is -2.05. The number of nitrogens with one attached hydrogen (secondary N) is 2. The number of pyridine rings is 1. The fourth-order valence-electron chi connectivity index (χ4n) is 1.67. The van der Waals surface area contributed by atoms with Gasteiger partial charge in [-0.2, -0.15) is 5.10 Å². The number of fused-ring (bicyclic) bond motifs is 1. The molecule has 1 aromatic heterocycles. The third-order valence-electron chi connectivity index (χ3n) is 2.46. The van der Waals surface area contributed by atoms with E-state index in [2.05, 4.69) is 15.5 Å². The van der Waals surface area contributed by atoms with Gasteiger partial charge in [0, 0.05) is 22.7 Å². The summed E-state index contributed by atoms with van der Waals surface area (Å²) < 4.78 is 0. The summed E-state index contributed by atoms with van der Waals surface area (Å²) in [5.74, 6) is 0. The van der Waals surface area contributed by atoms with E-state index >= 15 is 0 Å². The normalized spacial score (nSPS) is 10.3. The minimum absolute atomic E-state index is 0.0712. The molecule has 1 aromatic carbocycles. The van der Waals surface area contributed by atoms with E-state index in [1.54, 1.807) is 6.07 Å². The van der Waals surface area contributed by atoms with Crippen molar-refractivity contribution in [2.75, 3.05) is 5.43 Å². The second-order valence-corrected chi connectivity index (χ2v) is 4.25. The average molecular weight is 229 g/mol. The molecule has 0 saturated carbocycles. The number of nitrogens with zero attached hydrogens (tertiary/aromatic N) is 1. The first-order chi connectivity index (χ1) is 8.06. The Morgan fingerprint density at radius 1 is 1.29 bits per heavy atom. The van der Waals surface area contributed by atoms with Crippen molar-refractivity contribution in [1.29, 1.82) is 0 Å². The van der Waals surface area contributed by atoms with E-state index in [9.17, 15) is 4.79 Å². The predicted molar refractivity (Wildman–Crippen MR) is 71.7 cm³/mol. The largest absolute Gasteiger partial charge is 0.322 e. The molecule has 0 fully saturated rings. The first-order valence-electron chi connectivity index (χ1n) is 5.47. The number of rotatable bonds is 2. The summed E-state index contributed by atoms with van der Waals surface area (Å²) >= 11 is 0. The number of hydrogen-bond donors (Lipinski definition) is 2. The zero-order chi connectivity index (χ0) is 12.4. The van der Waals surface area contributed by atoms with Crippen LogP contribution >= 0.6 is 0 Å².